The molecule has 138 valence electrons. The second-order valence-electron chi connectivity index (χ2n) is 6.81. The molecule has 2 aromatic carbocycles. The van der Waals surface area contributed by atoms with Crippen molar-refractivity contribution in [3.63, 3.8) is 0 Å². The first-order chi connectivity index (χ1) is 12.9. The van der Waals surface area contributed by atoms with Gasteiger partial charge in [0.05, 0.1) is 16.5 Å². The number of carbonyl (C=O) groups is 1. The molecule has 0 aliphatic heterocycles. The number of fused-ring (bicyclic) bond motifs is 1. The third-order valence-electron chi connectivity index (χ3n) is 5.03. The highest BCUT2D eigenvalue weighted by atomic mass is 19.1. The molecule has 0 spiro atoms. The Kier molecular flexibility index (Phi) is 4.06. The van der Waals surface area contributed by atoms with Crippen molar-refractivity contribution in [2.24, 2.45) is 0 Å². The summed E-state index contributed by atoms with van der Waals surface area (Å²) in [7, 11) is 0. The first kappa shape index (κ1) is 17.4. The van der Waals surface area contributed by atoms with Crippen LogP contribution >= 0.6 is 0 Å². The molecule has 0 radical (unpaired) electrons. The zero-order chi connectivity index (χ0) is 19.3. The van der Waals surface area contributed by atoms with Crippen LogP contribution < -0.4 is 5.43 Å². The summed E-state index contributed by atoms with van der Waals surface area (Å²) in [4.78, 5) is 23.9. The van der Waals surface area contributed by atoms with Crippen molar-refractivity contribution in [3.8, 4) is 11.1 Å². The molecule has 0 saturated heterocycles. The van der Waals surface area contributed by atoms with E-state index in [-0.39, 0.29) is 22.5 Å². The van der Waals surface area contributed by atoms with Gasteiger partial charge in [-0.25, -0.2) is 13.6 Å². The molecule has 3 aromatic rings. The number of pyridine rings is 1. The van der Waals surface area contributed by atoms with Gasteiger partial charge >= 0.3 is 5.97 Å². The van der Waals surface area contributed by atoms with E-state index in [0.29, 0.717) is 5.56 Å². The average molecular weight is 369 g/mol. The maximum Gasteiger partial charge on any atom is 0.341 e. The lowest BCUT2D eigenvalue weighted by molar-refractivity contribution is 0.0695. The van der Waals surface area contributed by atoms with Gasteiger partial charge in [-0.2, -0.15) is 0 Å². The van der Waals surface area contributed by atoms with E-state index in [4.69, 9.17) is 0 Å². The molecule has 27 heavy (non-hydrogen) atoms. The van der Waals surface area contributed by atoms with E-state index in [1.807, 2.05) is 6.92 Å². The van der Waals surface area contributed by atoms with Gasteiger partial charge in [0.2, 0.25) is 5.43 Å². The summed E-state index contributed by atoms with van der Waals surface area (Å²) in [5, 5.41) is 9.03. The summed E-state index contributed by atoms with van der Waals surface area (Å²) in [6.07, 6.45) is 3.50. The normalized spacial score (nSPS) is 13.9. The van der Waals surface area contributed by atoms with E-state index >= 15 is 4.39 Å². The highest BCUT2D eigenvalue weighted by Crippen LogP contribution is 2.39. The van der Waals surface area contributed by atoms with Crippen molar-refractivity contribution in [2.75, 3.05) is 0 Å². The van der Waals surface area contributed by atoms with Crippen LogP contribution in [-0.2, 0) is 6.42 Å². The third-order valence-corrected chi connectivity index (χ3v) is 5.03. The molecule has 6 heteroatoms. The Bertz CT molecular complexity index is 1130. The number of hydrogen-bond donors (Lipinski definition) is 1. The molecule has 1 N–H and O–H groups in total. The smallest absolute Gasteiger partial charge is 0.341 e. The number of carboxylic acid groups (broad SMARTS) is 1. The van der Waals surface area contributed by atoms with Crippen LogP contribution in [0.3, 0.4) is 0 Å². The zero-order valence-corrected chi connectivity index (χ0v) is 14.6. The van der Waals surface area contributed by atoms with Crippen molar-refractivity contribution in [3.05, 3.63) is 69.5 Å². The van der Waals surface area contributed by atoms with E-state index in [9.17, 15) is 19.1 Å². The molecule has 4 rings (SSSR count). The molecule has 0 atom stereocenters. The Hall–Kier alpha value is -3.02. The van der Waals surface area contributed by atoms with Crippen LogP contribution in [0.1, 0.15) is 41.7 Å². The van der Waals surface area contributed by atoms with Gasteiger partial charge in [-0.05, 0) is 36.5 Å². The second kappa shape index (κ2) is 6.30. The predicted octanol–water partition coefficient (Wildman–Crippen LogP) is 4.54. The van der Waals surface area contributed by atoms with Gasteiger partial charge in [0.15, 0.2) is 5.82 Å². The summed E-state index contributed by atoms with van der Waals surface area (Å²) in [5.41, 5.74) is -0.179. The predicted molar refractivity (Wildman–Crippen MR) is 98.2 cm³/mol. The standard InChI is InChI=1S/C21H17F2NO3/c1-2-11-3-5-12(6-4-11)17-16(22)9-14-19(18(17)23)24(13-7-8-13)10-15(20(14)25)21(26)27/h3-6,9-10,13H,2,7-8H2,1H3,(H,26,27). The van der Waals surface area contributed by atoms with Crippen molar-refractivity contribution >= 4 is 16.9 Å². The molecule has 1 fully saturated rings. The minimum absolute atomic E-state index is 0.0385. The molecular weight excluding hydrogens is 352 g/mol. The minimum atomic E-state index is -1.41. The van der Waals surface area contributed by atoms with Crippen molar-refractivity contribution in [1.29, 1.82) is 0 Å². The van der Waals surface area contributed by atoms with Crippen LogP contribution in [0.5, 0.6) is 0 Å². The lowest BCUT2D eigenvalue weighted by atomic mass is 9.99. The molecule has 1 aliphatic rings. The number of halogens is 2. The summed E-state index contributed by atoms with van der Waals surface area (Å²) < 4.78 is 31.7. The van der Waals surface area contributed by atoms with Gasteiger partial charge in [-0.1, -0.05) is 31.2 Å². The lowest BCUT2D eigenvalue weighted by Gasteiger charge is -2.15. The average Bonchev–Trinajstić information content (AvgIpc) is 3.48. The Balaban J connectivity index is 2.05. The fourth-order valence-corrected chi connectivity index (χ4v) is 3.41. The quantitative estimate of drug-likeness (QED) is 0.734. The SMILES string of the molecule is CCc1ccc(-c2c(F)cc3c(=O)c(C(=O)O)cn(C4CC4)c3c2F)cc1. The van der Waals surface area contributed by atoms with Gasteiger partial charge in [0.25, 0.3) is 0 Å². The van der Waals surface area contributed by atoms with Crippen LogP contribution in [0.4, 0.5) is 8.78 Å². The number of aromatic nitrogens is 1. The van der Waals surface area contributed by atoms with Gasteiger partial charge in [-0.3, -0.25) is 4.79 Å². The molecule has 1 heterocycles. The summed E-state index contributed by atoms with van der Waals surface area (Å²) in [6, 6.07) is 7.78. The maximum absolute atomic E-state index is 15.4. The first-order valence-corrected chi connectivity index (χ1v) is 8.81. The molecule has 1 saturated carbocycles. The van der Waals surface area contributed by atoms with E-state index < -0.39 is 28.6 Å². The van der Waals surface area contributed by atoms with Crippen LogP contribution in [0.25, 0.3) is 22.0 Å². The Morgan fingerprint density at radius 2 is 1.89 bits per heavy atom. The van der Waals surface area contributed by atoms with Gasteiger partial charge in [0.1, 0.15) is 11.4 Å². The van der Waals surface area contributed by atoms with E-state index in [1.165, 1.54) is 10.8 Å². The molecular formula is C21H17F2NO3. The van der Waals surface area contributed by atoms with Crippen molar-refractivity contribution < 1.29 is 18.7 Å². The number of benzene rings is 2. The molecule has 0 bridgehead atoms. The van der Waals surface area contributed by atoms with E-state index in [1.54, 1.807) is 24.3 Å². The number of aromatic carboxylic acids is 1. The maximum atomic E-state index is 15.4. The first-order valence-electron chi connectivity index (χ1n) is 8.81. The summed E-state index contributed by atoms with van der Waals surface area (Å²) >= 11 is 0. The van der Waals surface area contributed by atoms with E-state index in [2.05, 4.69) is 0 Å². The number of nitrogens with zero attached hydrogens (tertiary/aromatic N) is 1. The fourth-order valence-electron chi connectivity index (χ4n) is 3.41. The molecule has 1 aliphatic carbocycles. The van der Waals surface area contributed by atoms with Crippen LogP contribution in [0.2, 0.25) is 0 Å². The highest BCUT2D eigenvalue weighted by molar-refractivity contribution is 5.94. The molecule has 1 aromatic heterocycles. The van der Waals surface area contributed by atoms with Crippen LogP contribution in [-0.4, -0.2) is 15.6 Å². The molecule has 4 nitrogen and oxygen atoms in total. The minimum Gasteiger partial charge on any atom is -0.477 e. The molecule has 0 amide bonds. The van der Waals surface area contributed by atoms with Crippen LogP contribution in [0, 0.1) is 11.6 Å². The van der Waals surface area contributed by atoms with Gasteiger partial charge in [-0.15, -0.1) is 0 Å². The Morgan fingerprint density at radius 3 is 2.44 bits per heavy atom. The number of rotatable bonds is 4. The fraction of sp³-hybridized carbons (Fsp3) is 0.238. The number of aryl methyl sites for hydroxylation is 1. The van der Waals surface area contributed by atoms with Crippen LogP contribution in [0.15, 0.2) is 41.3 Å². The van der Waals surface area contributed by atoms with Gasteiger partial charge in [0, 0.05) is 12.2 Å². The second-order valence-corrected chi connectivity index (χ2v) is 6.81. The number of hydrogen-bond acceptors (Lipinski definition) is 2. The Morgan fingerprint density at radius 1 is 1.22 bits per heavy atom. The van der Waals surface area contributed by atoms with Gasteiger partial charge < -0.3 is 9.67 Å². The summed E-state index contributed by atoms with van der Waals surface area (Å²) in [6.45, 7) is 1.99. The van der Waals surface area contributed by atoms with Crippen molar-refractivity contribution in [1.82, 2.24) is 4.57 Å². The summed E-state index contributed by atoms with van der Waals surface area (Å²) in [5.74, 6) is -3.13. The largest absolute Gasteiger partial charge is 0.477 e. The lowest BCUT2D eigenvalue weighted by Crippen LogP contribution is -2.20. The number of carboxylic acids is 1. The van der Waals surface area contributed by atoms with Crippen molar-refractivity contribution in [2.45, 2.75) is 32.2 Å². The molecule has 0 unspecified atom stereocenters. The highest BCUT2D eigenvalue weighted by Gasteiger charge is 2.30. The topological polar surface area (TPSA) is 59.3 Å². The zero-order valence-electron chi connectivity index (χ0n) is 14.6. The third kappa shape index (κ3) is 2.81. The van der Waals surface area contributed by atoms with E-state index in [0.717, 1.165) is 30.9 Å². The monoisotopic (exact) mass is 369 g/mol. The Labute approximate surface area is 153 Å².